The number of hydrogen-bond donors (Lipinski definition) is 1. The third-order valence-electron chi connectivity index (χ3n) is 4.52. The Morgan fingerprint density at radius 1 is 1.19 bits per heavy atom. The highest BCUT2D eigenvalue weighted by atomic mass is 19.4. The van der Waals surface area contributed by atoms with Crippen LogP contribution in [-0.2, 0) is 10.3 Å². The molecule has 1 aliphatic rings. The zero-order valence-electron chi connectivity index (χ0n) is 14.2. The third-order valence-corrected chi connectivity index (χ3v) is 4.52. The van der Waals surface area contributed by atoms with E-state index < -0.39 is 24.2 Å². The maximum absolute atomic E-state index is 12.6. The number of amides is 2. The number of likely N-dealkylation sites (tertiary alicyclic amines) is 1. The van der Waals surface area contributed by atoms with Crippen LogP contribution in [0.2, 0.25) is 0 Å². The molecule has 0 saturated carbocycles. The zero-order valence-corrected chi connectivity index (χ0v) is 14.2. The Labute approximate surface area is 152 Å². The van der Waals surface area contributed by atoms with Gasteiger partial charge in [0.15, 0.2) is 0 Å². The Balaban J connectivity index is 1.75. The van der Waals surface area contributed by atoms with Crippen LogP contribution < -0.4 is 5.32 Å². The van der Waals surface area contributed by atoms with Gasteiger partial charge in [-0.3, -0.25) is 14.3 Å². The SMILES string of the molecule is O=C(c1ccnnc1)N1CCC(C(=O)NCC(F)(F)F)(n2cccn2)CC1. The first-order valence-electron chi connectivity index (χ1n) is 8.23. The van der Waals surface area contributed by atoms with Gasteiger partial charge in [0, 0.05) is 25.5 Å². The largest absolute Gasteiger partial charge is 0.405 e. The second-order valence-electron chi connectivity index (χ2n) is 6.20. The molecular weight excluding hydrogens is 365 g/mol. The van der Waals surface area contributed by atoms with Crippen LogP contribution in [0, 0.1) is 0 Å². The summed E-state index contributed by atoms with van der Waals surface area (Å²) in [6.45, 7) is -1.03. The second kappa shape index (κ2) is 7.33. The summed E-state index contributed by atoms with van der Waals surface area (Å²) in [5.74, 6) is -1.03. The maximum atomic E-state index is 12.6. The van der Waals surface area contributed by atoms with Crippen LogP contribution in [0.5, 0.6) is 0 Å². The van der Waals surface area contributed by atoms with Crippen LogP contribution in [0.3, 0.4) is 0 Å². The molecule has 0 unspecified atom stereocenters. The fraction of sp³-hybridized carbons (Fsp3) is 0.438. The molecule has 0 aliphatic carbocycles. The molecular formula is C16H17F3N6O2. The van der Waals surface area contributed by atoms with Gasteiger partial charge in [0.05, 0.1) is 18.0 Å². The molecule has 0 atom stereocenters. The van der Waals surface area contributed by atoms with Crippen LogP contribution >= 0.6 is 0 Å². The Morgan fingerprint density at radius 2 is 1.93 bits per heavy atom. The molecule has 1 N–H and O–H groups in total. The molecule has 11 heteroatoms. The third kappa shape index (κ3) is 4.07. The van der Waals surface area contributed by atoms with Gasteiger partial charge in [0.25, 0.3) is 5.91 Å². The number of halogens is 3. The fourth-order valence-electron chi connectivity index (χ4n) is 3.11. The standard InChI is InChI=1S/C16H17F3N6O2/c17-16(18,19)11-20-14(27)15(25-7-1-5-23-25)3-8-24(9-4-15)13(26)12-2-6-21-22-10-12/h1-2,5-7,10H,3-4,8-9,11H2,(H,20,27). The van der Waals surface area contributed by atoms with E-state index in [1.807, 2.05) is 5.32 Å². The number of nitrogens with one attached hydrogen (secondary N) is 1. The van der Waals surface area contributed by atoms with Crippen molar-refractivity contribution >= 4 is 11.8 Å². The minimum Gasteiger partial charge on any atom is -0.345 e. The van der Waals surface area contributed by atoms with E-state index in [0.717, 1.165) is 0 Å². The van der Waals surface area contributed by atoms with Crippen LogP contribution in [0.15, 0.2) is 36.9 Å². The van der Waals surface area contributed by atoms with Crippen molar-refractivity contribution < 1.29 is 22.8 Å². The maximum Gasteiger partial charge on any atom is 0.405 e. The van der Waals surface area contributed by atoms with Gasteiger partial charge in [-0.15, -0.1) is 0 Å². The molecule has 2 aromatic rings. The van der Waals surface area contributed by atoms with Crippen molar-refractivity contribution in [1.29, 1.82) is 0 Å². The van der Waals surface area contributed by atoms with Crippen LogP contribution in [-0.4, -0.2) is 62.5 Å². The summed E-state index contributed by atoms with van der Waals surface area (Å²) in [5.41, 5.74) is -0.916. The van der Waals surface area contributed by atoms with E-state index in [1.54, 1.807) is 6.07 Å². The average molecular weight is 382 g/mol. The first kappa shape index (κ1) is 18.8. The number of carbonyl (C=O) groups excluding carboxylic acids is 2. The van der Waals surface area contributed by atoms with E-state index in [-0.39, 0.29) is 31.8 Å². The van der Waals surface area contributed by atoms with Crippen molar-refractivity contribution in [2.24, 2.45) is 0 Å². The predicted molar refractivity (Wildman–Crippen MR) is 86.4 cm³/mol. The Morgan fingerprint density at radius 3 is 2.48 bits per heavy atom. The number of carbonyl (C=O) groups is 2. The highest BCUT2D eigenvalue weighted by molar-refractivity contribution is 5.94. The molecule has 3 heterocycles. The lowest BCUT2D eigenvalue weighted by molar-refractivity contribution is -0.146. The van der Waals surface area contributed by atoms with Crippen molar-refractivity contribution in [3.8, 4) is 0 Å². The highest BCUT2D eigenvalue weighted by Gasteiger charge is 2.45. The molecule has 8 nitrogen and oxygen atoms in total. The molecule has 2 amide bonds. The van der Waals surface area contributed by atoms with Crippen molar-refractivity contribution in [1.82, 2.24) is 30.2 Å². The van der Waals surface area contributed by atoms with E-state index in [2.05, 4.69) is 15.3 Å². The Bertz CT molecular complexity index is 786. The molecule has 1 fully saturated rings. The molecule has 2 aromatic heterocycles. The molecule has 1 aliphatic heterocycles. The van der Waals surface area contributed by atoms with Crippen LogP contribution in [0.4, 0.5) is 13.2 Å². The van der Waals surface area contributed by atoms with Gasteiger partial charge >= 0.3 is 6.18 Å². The van der Waals surface area contributed by atoms with E-state index in [4.69, 9.17) is 0 Å². The molecule has 0 radical (unpaired) electrons. The summed E-state index contributed by atoms with van der Waals surface area (Å²) in [5, 5.41) is 13.3. The van der Waals surface area contributed by atoms with E-state index >= 15 is 0 Å². The van der Waals surface area contributed by atoms with E-state index in [0.29, 0.717) is 5.56 Å². The molecule has 0 spiro atoms. The first-order chi connectivity index (χ1) is 12.8. The summed E-state index contributed by atoms with van der Waals surface area (Å²) in [4.78, 5) is 26.7. The topological polar surface area (TPSA) is 93.0 Å². The monoisotopic (exact) mass is 382 g/mol. The minimum atomic E-state index is -4.51. The van der Waals surface area contributed by atoms with Gasteiger partial charge in [0.1, 0.15) is 12.1 Å². The number of aromatic nitrogens is 4. The minimum absolute atomic E-state index is 0.141. The lowest BCUT2D eigenvalue weighted by atomic mass is 9.86. The number of alkyl halides is 3. The smallest absolute Gasteiger partial charge is 0.345 e. The number of hydrogen-bond acceptors (Lipinski definition) is 5. The molecule has 144 valence electrons. The van der Waals surface area contributed by atoms with Gasteiger partial charge in [-0.2, -0.15) is 28.5 Å². The lowest BCUT2D eigenvalue weighted by Gasteiger charge is -2.40. The molecule has 27 heavy (non-hydrogen) atoms. The van der Waals surface area contributed by atoms with Crippen LogP contribution in [0.25, 0.3) is 0 Å². The van der Waals surface area contributed by atoms with Crippen molar-refractivity contribution in [3.05, 3.63) is 42.5 Å². The summed E-state index contributed by atoms with van der Waals surface area (Å²) < 4.78 is 38.9. The normalized spacial score (nSPS) is 16.8. The number of piperidine rings is 1. The first-order valence-corrected chi connectivity index (χ1v) is 8.23. The van der Waals surface area contributed by atoms with Gasteiger partial charge in [-0.1, -0.05) is 0 Å². The van der Waals surface area contributed by atoms with E-state index in [1.165, 1.54) is 40.4 Å². The Kier molecular flexibility index (Phi) is 5.10. The Hall–Kier alpha value is -2.98. The predicted octanol–water partition coefficient (Wildman–Crippen LogP) is 0.983. The van der Waals surface area contributed by atoms with Crippen molar-refractivity contribution in [3.63, 3.8) is 0 Å². The average Bonchev–Trinajstić information content (AvgIpc) is 3.21. The van der Waals surface area contributed by atoms with Crippen LogP contribution in [0.1, 0.15) is 23.2 Å². The van der Waals surface area contributed by atoms with Gasteiger partial charge < -0.3 is 10.2 Å². The summed E-state index contributed by atoms with van der Waals surface area (Å²) in [6, 6.07) is 3.12. The number of rotatable bonds is 4. The summed E-state index contributed by atoms with van der Waals surface area (Å²) in [7, 11) is 0. The molecule has 0 aromatic carbocycles. The van der Waals surface area contributed by atoms with Gasteiger partial charge in [-0.05, 0) is 25.0 Å². The van der Waals surface area contributed by atoms with Crippen molar-refractivity contribution in [2.45, 2.75) is 24.6 Å². The fourth-order valence-corrected chi connectivity index (χ4v) is 3.11. The molecule has 1 saturated heterocycles. The number of nitrogens with zero attached hydrogens (tertiary/aromatic N) is 5. The quantitative estimate of drug-likeness (QED) is 0.851. The molecule has 0 bridgehead atoms. The highest BCUT2D eigenvalue weighted by Crippen LogP contribution is 2.31. The van der Waals surface area contributed by atoms with Gasteiger partial charge in [0.2, 0.25) is 5.91 Å². The lowest BCUT2D eigenvalue weighted by Crippen LogP contribution is -2.57. The zero-order chi connectivity index (χ0) is 19.5. The molecule has 3 rings (SSSR count). The summed E-state index contributed by atoms with van der Waals surface area (Å²) in [6.07, 6.45) is 1.51. The summed E-state index contributed by atoms with van der Waals surface area (Å²) >= 11 is 0. The van der Waals surface area contributed by atoms with Crippen molar-refractivity contribution in [2.75, 3.05) is 19.6 Å². The van der Waals surface area contributed by atoms with Gasteiger partial charge in [-0.25, -0.2) is 0 Å². The second-order valence-corrected chi connectivity index (χ2v) is 6.20. The van der Waals surface area contributed by atoms with E-state index in [9.17, 15) is 22.8 Å².